The van der Waals surface area contributed by atoms with Gasteiger partial charge in [0.05, 0.1) is 4.47 Å². The van der Waals surface area contributed by atoms with Crippen LogP contribution in [0.1, 0.15) is 45.7 Å². The molecule has 2 rings (SSSR count). The van der Waals surface area contributed by atoms with Crippen LogP contribution < -0.4 is 20.3 Å². The molecule has 0 radical (unpaired) electrons. The van der Waals surface area contributed by atoms with Crippen molar-refractivity contribution < 1.29 is 19.1 Å². The Kier molecular flexibility index (Phi) is 8.29. The van der Waals surface area contributed by atoms with Crippen molar-refractivity contribution in [3.63, 3.8) is 0 Å². The maximum Gasteiger partial charge on any atom is 0.279 e. The molecular weight excluding hydrogens is 448 g/mol. The number of carbonyl (C=O) groups excluding carboxylic acids is 2. The molecule has 0 aliphatic carbocycles. The number of nitrogens with one attached hydrogen (secondary N) is 2. The van der Waals surface area contributed by atoms with Crippen molar-refractivity contribution in [1.29, 1.82) is 0 Å². The van der Waals surface area contributed by atoms with Gasteiger partial charge in [-0.25, -0.2) is 0 Å². The van der Waals surface area contributed by atoms with Crippen LogP contribution in [0.3, 0.4) is 0 Å². The maximum atomic E-state index is 12.1. The molecule has 0 bridgehead atoms. The van der Waals surface area contributed by atoms with Gasteiger partial charge in [-0.1, -0.05) is 45.9 Å². The van der Waals surface area contributed by atoms with E-state index < -0.39 is 17.9 Å². The van der Waals surface area contributed by atoms with Gasteiger partial charge >= 0.3 is 0 Å². The molecule has 0 saturated carbocycles. The fourth-order valence-corrected chi connectivity index (χ4v) is 3.05. The maximum absolute atomic E-state index is 12.1. The zero-order chi connectivity index (χ0) is 22.3. The molecule has 0 aliphatic rings. The van der Waals surface area contributed by atoms with Gasteiger partial charge in [0.15, 0.2) is 12.7 Å². The van der Waals surface area contributed by atoms with Crippen LogP contribution >= 0.6 is 15.9 Å². The molecule has 2 N–H and O–H groups in total. The van der Waals surface area contributed by atoms with E-state index in [4.69, 9.17) is 9.47 Å². The van der Waals surface area contributed by atoms with Crippen molar-refractivity contribution >= 4 is 27.7 Å². The Hall–Kier alpha value is -2.54. The van der Waals surface area contributed by atoms with E-state index in [0.717, 1.165) is 16.5 Å². The van der Waals surface area contributed by atoms with Crippen LogP contribution in [0.4, 0.5) is 0 Å². The average molecular weight is 477 g/mol. The molecule has 1 atom stereocenters. The summed E-state index contributed by atoms with van der Waals surface area (Å²) in [5, 5.41) is 0. The van der Waals surface area contributed by atoms with Gasteiger partial charge in [-0.2, -0.15) is 0 Å². The fraction of sp³-hybridized carbons (Fsp3) is 0.391. The number of hydrogen-bond donors (Lipinski definition) is 2. The number of halogens is 1. The Balaban J connectivity index is 1.79. The molecule has 6 nitrogen and oxygen atoms in total. The summed E-state index contributed by atoms with van der Waals surface area (Å²) in [7, 11) is 0. The standard InChI is InChI=1S/C23H29BrN2O4/c1-6-16-7-10-18(11-8-16)30-15(2)22(28)26-25-21(27)14-29-20-12-9-17(13-19(20)24)23(3,4)5/h7-13,15H,6,14H2,1-5H3,(H,25,27)(H,26,28). The van der Waals surface area contributed by atoms with E-state index in [1.165, 1.54) is 5.56 Å². The Labute approximate surface area is 186 Å². The highest BCUT2D eigenvalue weighted by molar-refractivity contribution is 9.10. The molecule has 0 heterocycles. The van der Waals surface area contributed by atoms with E-state index in [1.807, 2.05) is 42.5 Å². The minimum absolute atomic E-state index is 0.0134. The lowest BCUT2D eigenvalue weighted by Crippen LogP contribution is -2.48. The van der Waals surface area contributed by atoms with E-state index in [9.17, 15) is 9.59 Å². The number of aryl methyl sites for hydroxylation is 1. The van der Waals surface area contributed by atoms with E-state index >= 15 is 0 Å². The Morgan fingerprint density at radius 1 is 1.07 bits per heavy atom. The van der Waals surface area contributed by atoms with Crippen LogP contribution in [0.15, 0.2) is 46.9 Å². The van der Waals surface area contributed by atoms with Gasteiger partial charge in [0.2, 0.25) is 0 Å². The van der Waals surface area contributed by atoms with Crippen LogP contribution in [0, 0.1) is 0 Å². The molecule has 30 heavy (non-hydrogen) atoms. The summed E-state index contributed by atoms with van der Waals surface area (Å²) in [4.78, 5) is 24.1. The number of benzene rings is 2. The van der Waals surface area contributed by atoms with Crippen LogP contribution in [-0.4, -0.2) is 24.5 Å². The van der Waals surface area contributed by atoms with Crippen molar-refractivity contribution in [1.82, 2.24) is 10.9 Å². The lowest BCUT2D eigenvalue weighted by Gasteiger charge is -2.20. The van der Waals surface area contributed by atoms with Crippen molar-refractivity contribution in [2.75, 3.05) is 6.61 Å². The zero-order valence-corrected chi connectivity index (χ0v) is 19.6. The van der Waals surface area contributed by atoms with Gasteiger partial charge in [0.25, 0.3) is 11.8 Å². The largest absolute Gasteiger partial charge is 0.483 e. The summed E-state index contributed by atoms with van der Waals surface area (Å²) in [5.41, 5.74) is 7.03. The SMILES string of the molecule is CCc1ccc(OC(C)C(=O)NNC(=O)COc2ccc(C(C)(C)C)cc2Br)cc1. The topological polar surface area (TPSA) is 76.7 Å². The van der Waals surface area contributed by atoms with E-state index in [0.29, 0.717) is 11.5 Å². The summed E-state index contributed by atoms with van der Waals surface area (Å²) in [6.45, 7) is 9.81. The minimum Gasteiger partial charge on any atom is -0.483 e. The summed E-state index contributed by atoms with van der Waals surface area (Å²) in [6, 6.07) is 13.3. The monoisotopic (exact) mass is 476 g/mol. The number of hydrogen-bond acceptors (Lipinski definition) is 4. The highest BCUT2D eigenvalue weighted by Crippen LogP contribution is 2.31. The second-order valence-electron chi connectivity index (χ2n) is 7.98. The lowest BCUT2D eigenvalue weighted by atomic mass is 9.87. The first kappa shape index (κ1) is 23.7. The molecule has 0 aliphatic heterocycles. The molecule has 0 aromatic heterocycles. The Bertz CT molecular complexity index is 876. The first-order valence-corrected chi connectivity index (χ1v) is 10.7. The van der Waals surface area contributed by atoms with Crippen LogP contribution in [0.5, 0.6) is 11.5 Å². The number of amides is 2. The predicted octanol–water partition coefficient (Wildman–Crippen LogP) is 4.30. The minimum atomic E-state index is -0.766. The predicted molar refractivity (Wildman–Crippen MR) is 121 cm³/mol. The molecule has 1 unspecified atom stereocenters. The third kappa shape index (κ3) is 7.06. The third-order valence-electron chi connectivity index (χ3n) is 4.50. The first-order chi connectivity index (χ1) is 14.1. The first-order valence-electron chi connectivity index (χ1n) is 9.87. The lowest BCUT2D eigenvalue weighted by molar-refractivity contribution is -0.133. The summed E-state index contributed by atoms with van der Waals surface area (Å²) in [5.74, 6) is 0.207. The summed E-state index contributed by atoms with van der Waals surface area (Å²) < 4.78 is 11.9. The molecule has 2 aromatic rings. The Morgan fingerprint density at radius 3 is 2.30 bits per heavy atom. The number of hydrazine groups is 1. The van der Waals surface area contributed by atoms with Gasteiger partial charge in [0, 0.05) is 0 Å². The molecule has 0 spiro atoms. The van der Waals surface area contributed by atoms with Crippen molar-refractivity contribution in [3.8, 4) is 11.5 Å². The van der Waals surface area contributed by atoms with Gasteiger partial charge in [-0.3, -0.25) is 20.4 Å². The number of carbonyl (C=O) groups is 2. The molecule has 2 aromatic carbocycles. The number of rotatable bonds is 7. The smallest absolute Gasteiger partial charge is 0.279 e. The zero-order valence-electron chi connectivity index (χ0n) is 18.0. The van der Waals surface area contributed by atoms with Gasteiger partial charge < -0.3 is 9.47 Å². The Morgan fingerprint density at radius 2 is 1.73 bits per heavy atom. The number of ether oxygens (including phenoxy) is 2. The average Bonchev–Trinajstić information content (AvgIpc) is 2.70. The van der Waals surface area contributed by atoms with Crippen LogP contribution in [0.2, 0.25) is 0 Å². The normalized spacial score (nSPS) is 12.1. The second kappa shape index (κ2) is 10.5. The molecule has 2 amide bonds. The van der Waals surface area contributed by atoms with Crippen molar-refractivity contribution in [2.24, 2.45) is 0 Å². The third-order valence-corrected chi connectivity index (χ3v) is 5.12. The highest BCUT2D eigenvalue weighted by atomic mass is 79.9. The summed E-state index contributed by atoms with van der Waals surface area (Å²) in [6.07, 6.45) is 0.166. The highest BCUT2D eigenvalue weighted by Gasteiger charge is 2.17. The van der Waals surface area contributed by atoms with E-state index in [-0.39, 0.29) is 12.0 Å². The van der Waals surface area contributed by atoms with Gasteiger partial charge in [0.1, 0.15) is 11.5 Å². The fourth-order valence-electron chi connectivity index (χ4n) is 2.56. The van der Waals surface area contributed by atoms with Crippen LogP contribution in [0.25, 0.3) is 0 Å². The molecule has 0 fully saturated rings. The van der Waals surface area contributed by atoms with Crippen molar-refractivity contribution in [2.45, 2.75) is 52.6 Å². The second-order valence-corrected chi connectivity index (χ2v) is 8.83. The van der Waals surface area contributed by atoms with E-state index in [2.05, 4.69) is 54.5 Å². The van der Waals surface area contributed by atoms with E-state index in [1.54, 1.807) is 6.92 Å². The molecule has 162 valence electrons. The van der Waals surface area contributed by atoms with Crippen LogP contribution in [-0.2, 0) is 21.4 Å². The molecule has 7 heteroatoms. The molecule has 0 saturated heterocycles. The quantitative estimate of drug-likeness (QED) is 0.583. The molecular formula is C23H29BrN2O4. The van der Waals surface area contributed by atoms with Gasteiger partial charge in [-0.15, -0.1) is 0 Å². The van der Waals surface area contributed by atoms with Gasteiger partial charge in [-0.05, 0) is 70.1 Å². The summed E-state index contributed by atoms with van der Waals surface area (Å²) >= 11 is 3.47. The van der Waals surface area contributed by atoms with Crippen molar-refractivity contribution in [3.05, 3.63) is 58.1 Å².